The smallest absolute Gasteiger partial charge is 0.247 e. The maximum absolute atomic E-state index is 10.8. The summed E-state index contributed by atoms with van der Waals surface area (Å²) in [6.45, 7) is 2.82. The molecule has 14 heavy (non-hydrogen) atoms. The van der Waals surface area contributed by atoms with Crippen molar-refractivity contribution in [2.24, 2.45) is 0 Å². The van der Waals surface area contributed by atoms with Crippen LogP contribution in [-0.4, -0.2) is 19.7 Å². The maximum Gasteiger partial charge on any atom is 0.247 e. The van der Waals surface area contributed by atoms with Gasteiger partial charge in [-0.1, -0.05) is 0 Å². The van der Waals surface area contributed by atoms with Gasteiger partial charge in [-0.05, 0) is 13.0 Å². The Morgan fingerprint density at radius 3 is 3.00 bits per heavy atom. The van der Waals surface area contributed by atoms with Crippen molar-refractivity contribution in [3.63, 3.8) is 0 Å². The van der Waals surface area contributed by atoms with Crippen LogP contribution in [0.15, 0.2) is 29.5 Å². The predicted octanol–water partition coefficient (Wildman–Crippen LogP) is 0.653. The van der Waals surface area contributed by atoms with E-state index in [4.69, 9.17) is 0 Å². The molecule has 0 aliphatic carbocycles. The van der Waals surface area contributed by atoms with E-state index in [0.29, 0.717) is 0 Å². The van der Waals surface area contributed by atoms with Crippen molar-refractivity contribution in [1.29, 1.82) is 0 Å². The minimum Gasteiger partial charge on any atom is -0.328 e. The van der Waals surface area contributed by atoms with Crippen molar-refractivity contribution < 1.29 is 0 Å². The number of hydrogen-bond donors (Lipinski definition) is 1. The molecule has 0 saturated carbocycles. The fraction of sp³-hybridized carbons (Fsp3) is 0.222. The fourth-order valence-corrected chi connectivity index (χ4v) is 1.26. The largest absolute Gasteiger partial charge is 0.328 e. The van der Waals surface area contributed by atoms with Crippen LogP contribution in [0.5, 0.6) is 0 Å². The van der Waals surface area contributed by atoms with Crippen LogP contribution in [0.2, 0.25) is 0 Å². The molecule has 0 aromatic carbocycles. The lowest BCUT2D eigenvalue weighted by Gasteiger charge is -2.01. The summed E-state index contributed by atoms with van der Waals surface area (Å²) < 4.78 is 1.91. The first-order valence-electron chi connectivity index (χ1n) is 4.38. The SMILES string of the molecule is CCn1cnnc1-c1ccc(=O)[nH]c1. The Hall–Kier alpha value is -1.91. The van der Waals surface area contributed by atoms with E-state index in [1.807, 2.05) is 11.5 Å². The van der Waals surface area contributed by atoms with Gasteiger partial charge in [-0.3, -0.25) is 4.79 Å². The van der Waals surface area contributed by atoms with Gasteiger partial charge >= 0.3 is 0 Å². The van der Waals surface area contributed by atoms with Crippen molar-refractivity contribution in [2.75, 3.05) is 0 Å². The molecule has 0 aliphatic rings. The summed E-state index contributed by atoms with van der Waals surface area (Å²) in [5, 5.41) is 7.79. The number of aryl methyl sites for hydroxylation is 1. The summed E-state index contributed by atoms with van der Waals surface area (Å²) >= 11 is 0. The molecular weight excluding hydrogens is 180 g/mol. The molecular formula is C9H10N4O. The highest BCUT2D eigenvalue weighted by atomic mass is 16.1. The molecule has 0 radical (unpaired) electrons. The van der Waals surface area contributed by atoms with Crippen LogP contribution in [0.4, 0.5) is 0 Å². The number of nitrogens with zero attached hydrogens (tertiary/aromatic N) is 3. The third kappa shape index (κ3) is 1.44. The average Bonchev–Trinajstić information content (AvgIpc) is 2.67. The lowest BCUT2D eigenvalue weighted by molar-refractivity contribution is 0.766. The number of hydrogen-bond acceptors (Lipinski definition) is 3. The van der Waals surface area contributed by atoms with Gasteiger partial charge in [0.25, 0.3) is 0 Å². The fourth-order valence-electron chi connectivity index (χ4n) is 1.26. The topological polar surface area (TPSA) is 63.6 Å². The molecule has 5 heteroatoms. The van der Waals surface area contributed by atoms with Crippen molar-refractivity contribution in [2.45, 2.75) is 13.5 Å². The number of nitrogens with one attached hydrogen (secondary N) is 1. The molecule has 0 bridgehead atoms. The van der Waals surface area contributed by atoms with E-state index in [1.54, 1.807) is 18.6 Å². The van der Waals surface area contributed by atoms with Gasteiger partial charge in [0.15, 0.2) is 5.82 Å². The molecule has 0 fully saturated rings. The quantitative estimate of drug-likeness (QED) is 0.756. The monoisotopic (exact) mass is 190 g/mol. The minimum atomic E-state index is -0.115. The van der Waals surface area contributed by atoms with Crippen LogP contribution in [0.1, 0.15) is 6.92 Å². The first kappa shape index (κ1) is 8.68. The van der Waals surface area contributed by atoms with E-state index in [0.717, 1.165) is 17.9 Å². The first-order chi connectivity index (χ1) is 6.81. The number of rotatable bonds is 2. The van der Waals surface area contributed by atoms with Gasteiger partial charge in [0.2, 0.25) is 5.56 Å². The summed E-state index contributed by atoms with van der Waals surface area (Å²) in [6.07, 6.45) is 3.30. The van der Waals surface area contributed by atoms with Crippen molar-refractivity contribution in [3.8, 4) is 11.4 Å². The van der Waals surface area contributed by atoms with E-state index in [9.17, 15) is 4.79 Å². The Morgan fingerprint density at radius 2 is 2.36 bits per heavy atom. The van der Waals surface area contributed by atoms with E-state index >= 15 is 0 Å². The minimum absolute atomic E-state index is 0.115. The number of aromatic amines is 1. The second kappa shape index (κ2) is 3.45. The number of H-pyrrole nitrogens is 1. The normalized spacial score (nSPS) is 10.4. The van der Waals surface area contributed by atoms with Crippen LogP contribution in [0.25, 0.3) is 11.4 Å². The van der Waals surface area contributed by atoms with Gasteiger partial charge in [0.05, 0.1) is 0 Å². The van der Waals surface area contributed by atoms with Gasteiger partial charge in [-0.25, -0.2) is 0 Å². The Morgan fingerprint density at radius 1 is 1.50 bits per heavy atom. The second-order valence-corrected chi connectivity index (χ2v) is 2.88. The zero-order valence-corrected chi connectivity index (χ0v) is 7.77. The van der Waals surface area contributed by atoms with Gasteiger partial charge in [0, 0.05) is 24.4 Å². The molecule has 0 aliphatic heterocycles. The molecule has 0 unspecified atom stereocenters. The summed E-state index contributed by atoms with van der Waals surface area (Å²) in [4.78, 5) is 13.5. The zero-order valence-electron chi connectivity index (χ0n) is 7.77. The van der Waals surface area contributed by atoms with Crippen LogP contribution in [0, 0.1) is 0 Å². The zero-order chi connectivity index (χ0) is 9.97. The molecule has 0 atom stereocenters. The molecule has 0 amide bonds. The van der Waals surface area contributed by atoms with Crippen LogP contribution < -0.4 is 5.56 Å². The highest BCUT2D eigenvalue weighted by molar-refractivity contribution is 5.52. The lowest BCUT2D eigenvalue weighted by Crippen LogP contribution is -2.03. The third-order valence-electron chi connectivity index (χ3n) is 2.00. The average molecular weight is 190 g/mol. The summed E-state index contributed by atoms with van der Waals surface area (Å²) in [5.41, 5.74) is 0.750. The van der Waals surface area contributed by atoms with Gasteiger partial charge in [-0.15, -0.1) is 10.2 Å². The van der Waals surface area contributed by atoms with Crippen molar-refractivity contribution in [1.82, 2.24) is 19.7 Å². The second-order valence-electron chi connectivity index (χ2n) is 2.88. The Balaban J connectivity index is 2.49. The molecule has 2 aromatic heterocycles. The standard InChI is InChI=1S/C9H10N4O/c1-2-13-6-11-12-9(13)7-3-4-8(14)10-5-7/h3-6H,2H2,1H3,(H,10,14). The molecule has 72 valence electrons. The molecule has 0 spiro atoms. The first-order valence-corrected chi connectivity index (χ1v) is 4.38. The Labute approximate surface area is 80.4 Å². The molecule has 0 saturated heterocycles. The van der Waals surface area contributed by atoms with Gasteiger partial charge in [0.1, 0.15) is 6.33 Å². The maximum atomic E-state index is 10.8. The van der Waals surface area contributed by atoms with Crippen LogP contribution in [-0.2, 0) is 6.54 Å². The molecule has 2 aromatic rings. The number of aromatic nitrogens is 4. The molecule has 1 N–H and O–H groups in total. The van der Waals surface area contributed by atoms with E-state index in [-0.39, 0.29) is 5.56 Å². The van der Waals surface area contributed by atoms with Crippen LogP contribution in [0.3, 0.4) is 0 Å². The van der Waals surface area contributed by atoms with Crippen molar-refractivity contribution >= 4 is 0 Å². The van der Waals surface area contributed by atoms with E-state index in [2.05, 4.69) is 15.2 Å². The van der Waals surface area contributed by atoms with Gasteiger partial charge < -0.3 is 9.55 Å². The van der Waals surface area contributed by atoms with Crippen molar-refractivity contribution in [3.05, 3.63) is 35.0 Å². The molecule has 2 heterocycles. The Kier molecular flexibility index (Phi) is 2.14. The van der Waals surface area contributed by atoms with Crippen LogP contribution >= 0.6 is 0 Å². The summed E-state index contributed by atoms with van der Waals surface area (Å²) in [5.74, 6) is 0.767. The molecule has 5 nitrogen and oxygen atoms in total. The molecule has 2 rings (SSSR count). The Bertz CT molecular complexity index is 465. The van der Waals surface area contributed by atoms with E-state index < -0.39 is 0 Å². The van der Waals surface area contributed by atoms with E-state index in [1.165, 1.54) is 6.07 Å². The summed E-state index contributed by atoms with van der Waals surface area (Å²) in [7, 11) is 0. The highest BCUT2D eigenvalue weighted by Crippen LogP contribution is 2.12. The lowest BCUT2D eigenvalue weighted by atomic mass is 10.3. The predicted molar refractivity (Wildman–Crippen MR) is 51.8 cm³/mol. The third-order valence-corrected chi connectivity index (χ3v) is 2.00. The summed E-state index contributed by atoms with van der Waals surface area (Å²) in [6, 6.07) is 3.21. The van der Waals surface area contributed by atoms with Gasteiger partial charge in [-0.2, -0.15) is 0 Å². The highest BCUT2D eigenvalue weighted by Gasteiger charge is 2.04. The number of pyridine rings is 1.